The van der Waals surface area contributed by atoms with E-state index in [9.17, 15) is 4.79 Å². The van der Waals surface area contributed by atoms with Gasteiger partial charge in [0, 0.05) is 6.61 Å². The molecule has 1 aromatic heterocycles. The maximum atomic E-state index is 11.0. The summed E-state index contributed by atoms with van der Waals surface area (Å²) < 4.78 is 7.00. The number of carboxylic acids is 1. The molecule has 0 saturated heterocycles. The van der Waals surface area contributed by atoms with Gasteiger partial charge >= 0.3 is 5.97 Å². The van der Waals surface area contributed by atoms with E-state index < -0.39 is 5.97 Å². The minimum atomic E-state index is -0.865. The highest BCUT2D eigenvalue weighted by molar-refractivity contribution is 5.67. The summed E-state index contributed by atoms with van der Waals surface area (Å²) in [5.41, 5.74) is -0.257. The van der Waals surface area contributed by atoms with Crippen LogP contribution >= 0.6 is 0 Å². The third-order valence-corrected chi connectivity index (χ3v) is 2.80. The van der Waals surface area contributed by atoms with Gasteiger partial charge in [0.05, 0.1) is 12.5 Å². The van der Waals surface area contributed by atoms with E-state index in [4.69, 9.17) is 9.84 Å². The lowest BCUT2D eigenvalue weighted by Crippen LogP contribution is -2.29. The average Bonchev–Trinajstić information content (AvgIpc) is 2.72. The Hall–Kier alpha value is -1.50. The van der Waals surface area contributed by atoms with E-state index in [1.54, 1.807) is 4.68 Å². The van der Waals surface area contributed by atoms with Gasteiger partial charge in [-0.05, 0) is 22.3 Å². The van der Waals surface area contributed by atoms with Crippen molar-refractivity contribution >= 4 is 5.97 Å². The molecule has 0 fully saturated rings. The third kappa shape index (κ3) is 4.59. The highest BCUT2D eigenvalue weighted by Gasteiger charge is 2.31. The van der Waals surface area contributed by atoms with E-state index in [0.29, 0.717) is 19.0 Å². The number of hydrogen-bond donors (Lipinski definition) is 1. The van der Waals surface area contributed by atoms with Crippen LogP contribution in [0.25, 0.3) is 0 Å². The van der Waals surface area contributed by atoms with E-state index in [2.05, 4.69) is 15.5 Å². The van der Waals surface area contributed by atoms with Crippen molar-refractivity contribution in [1.82, 2.24) is 20.2 Å². The van der Waals surface area contributed by atoms with Crippen molar-refractivity contribution < 1.29 is 14.6 Å². The number of aliphatic carboxylic acids is 1. The zero-order chi connectivity index (χ0) is 14.5. The molecule has 1 aromatic rings. The molecule has 0 amide bonds. The van der Waals surface area contributed by atoms with Gasteiger partial charge in [0.25, 0.3) is 0 Å². The molecule has 1 N–H and O–H groups in total. The summed E-state index contributed by atoms with van der Waals surface area (Å²) in [6.45, 7) is 8.86. The molecule has 0 aliphatic carbocycles. The molecule has 0 radical (unpaired) electrons. The predicted octanol–water partition coefficient (Wildman–Crippen LogP) is 1.66. The van der Waals surface area contributed by atoms with Gasteiger partial charge in [0.1, 0.15) is 6.61 Å². The molecular formula is C12H22N4O3. The van der Waals surface area contributed by atoms with Crippen LogP contribution in [0.2, 0.25) is 0 Å². The largest absolute Gasteiger partial charge is 0.481 e. The lowest BCUT2D eigenvalue weighted by atomic mass is 9.85. The monoisotopic (exact) mass is 270 g/mol. The maximum absolute atomic E-state index is 11.0. The lowest BCUT2D eigenvalue weighted by Gasteiger charge is -2.29. The molecule has 1 rings (SSSR count). The third-order valence-electron chi connectivity index (χ3n) is 2.80. The first kappa shape index (κ1) is 15.6. The Morgan fingerprint density at radius 2 is 2.16 bits per heavy atom. The molecule has 1 unspecified atom stereocenters. The summed E-state index contributed by atoms with van der Waals surface area (Å²) in [5.74, 6) is -0.300. The summed E-state index contributed by atoms with van der Waals surface area (Å²) in [6, 6.07) is -0.305. The van der Waals surface area contributed by atoms with E-state index in [1.807, 2.05) is 27.7 Å². The summed E-state index contributed by atoms with van der Waals surface area (Å²) in [7, 11) is 0. The fourth-order valence-corrected chi connectivity index (χ4v) is 1.78. The normalized spacial score (nSPS) is 13.5. The van der Waals surface area contributed by atoms with E-state index in [-0.39, 0.29) is 17.9 Å². The fraction of sp³-hybridized carbons (Fsp3) is 0.833. The summed E-state index contributed by atoms with van der Waals surface area (Å²) in [5, 5.41) is 20.5. The quantitative estimate of drug-likeness (QED) is 0.758. The van der Waals surface area contributed by atoms with Gasteiger partial charge in [-0.15, -0.1) is 5.10 Å². The number of tetrazole rings is 1. The maximum Gasteiger partial charge on any atom is 0.305 e. The second kappa shape index (κ2) is 6.60. The smallest absolute Gasteiger partial charge is 0.305 e. The van der Waals surface area contributed by atoms with Crippen molar-refractivity contribution in [2.24, 2.45) is 5.41 Å². The van der Waals surface area contributed by atoms with Crippen molar-refractivity contribution in [2.45, 2.75) is 53.2 Å². The van der Waals surface area contributed by atoms with Crippen LogP contribution in [-0.2, 0) is 16.1 Å². The summed E-state index contributed by atoms with van der Waals surface area (Å²) in [4.78, 5) is 11.0. The van der Waals surface area contributed by atoms with Gasteiger partial charge in [-0.1, -0.05) is 27.7 Å². The van der Waals surface area contributed by atoms with Crippen LogP contribution in [-0.4, -0.2) is 37.9 Å². The molecule has 0 bridgehead atoms. The zero-order valence-electron chi connectivity index (χ0n) is 12.0. The topological polar surface area (TPSA) is 90.1 Å². The molecule has 0 aromatic carbocycles. The molecule has 0 spiro atoms. The molecule has 19 heavy (non-hydrogen) atoms. The van der Waals surface area contributed by atoms with Crippen LogP contribution in [0.15, 0.2) is 0 Å². The molecule has 0 aliphatic heterocycles. The average molecular weight is 270 g/mol. The van der Waals surface area contributed by atoms with Crippen LogP contribution in [0.3, 0.4) is 0 Å². The van der Waals surface area contributed by atoms with E-state index in [1.165, 1.54) is 0 Å². The van der Waals surface area contributed by atoms with Crippen LogP contribution in [0.4, 0.5) is 0 Å². The standard InChI is InChI=1S/C12H22N4O3/c1-5-6-19-8-10-13-14-15-16(10)9(7-11(17)18)12(2,3)4/h9H,5-8H2,1-4H3,(H,17,18). The molecular weight excluding hydrogens is 248 g/mol. The highest BCUT2D eigenvalue weighted by atomic mass is 16.5. The summed E-state index contributed by atoms with van der Waals surface area (Å²) >= 11 is 0. The van der Waals surface area contributed by atoms with Crippen molar-refractivity contribution in [2.75, 3.05) is 6.61 Å². The Labute approximate surface area is 112 Å². The zero-order valence-corrected chi connectivity index (χ0v) is 12.0. The Balaban J connectivity index is 2.90. The number of nitrogens with zero attached hydrogens (tertiary/aromatic N) is 4. The number of aromatic nitrogens is 4. The van der Waals surface area contributed by atoms with Gasteiger partial charge in [-0.2, -0.15) is 0 Å². The molecule has 0 saturated carbocycles. The predicted molar refractivity (Wildman–Crippen MR) is 68.5 cm³/mol. The highest BCUT2D eigenvalue weighted by Crippen LogP contribution is 2.33. The van der Waals surface area contributed by atoms with Gasteiger partial charge in [-0.25, -0.2) is 4.68 Å². The van der Waals surface area contributed by atoms with Gasteiger partial charge in [0.2, 0.25) is 0 Å². The number of hydrogen-bond acceptors (Lipinski definition) is 5. The number of carboxylic acid groups (broad SMARTS) is 1. The van der Waals surface area contributed by atoms with Crippen molar-refractivity contribution in [3.63, 3.8) is 0 Å². The molecule has 0 aliphatic rings. The fourth-order valence-electron chi connectivity index (χ4n) is 1.78. The van der Waals surface area contributed by atoms with Crippen LogP contribution in [0, 0.1) is 5.41 Å². The Bertz CT molecular complexity index is 411. The number of carbonyl (C=O) groups is 1. The van der Waals surface area contributed by atoms with E-state index in [0.717, 1.165) is 6.42 Å². The van der Waals surface area contributed by atoms with Gasteiger partial charge in [0.15, 0.2) is 5.82 Å². The van der Waals surface area contributed by atoms with Crippen LogP contribution < -0.4 is 0 Å². The molecule has 1 heterocycles. The van der Waals surface area contributed by atoms with Crippen molar-refractivity contribution in [3.05, 3.63) is 5.82 Å². The number of ether oxygens (including phenoxy) is 1. The van der Waals surface area contributed by atoms with Crippen molar-refractivity contribution in [1.29, 1.82) is 0 Å². The minimum absolute atomic E-state index is 0.0185. The molecule has 7 nitrogen and oxygen atoms in total. The molecule has 7 heteroatoms. The van der Waals surface area contributed by atoms with E-state index >= 15 is 0 Å². The summed E-state index contributed by atoms with van der Waals surface area (Å²) in [6.07, 6.45) is 0.898. The lowest BCUT2D eigenvalue weighted by molar-refractivity contribution is -0.139. The Morgan fingerprint density at radius 1 is 1.47 bits per heavy atom. The first-order valence-electron chi connectivity index (χ1n) is 6.42. The Morgan fingerprint density at radius 3 is 2.68 bits per heavy atom. The second-order valence-corrected chi connectivity index (χ2v) is 5.57. The molecule has 108 valence electrons. The Kier molecular flexibility index (Phi) is 5.41. The molecule has 1 atom stereocenters. The van der Waals surface area contributed by atoms with Crippen LogP contribution in [0.1, 0.15) is 52.4 Å². The first-order valence-corrected chi connectivity index (χ1v) is 6.42. The van der Waals surface area contributed by atoms with Crippen LogP contribution in [0.5, 0.6) is 0 Å². The minimum Gasteiger partial charge on any atom is -0.481 e. The first-order chi connectivity index (χ1) is 8.86. The second-order valence-electron chi connectivity index (χ2n) is 5.57. The van der Waals surface area contributed by atoms with Gasteiger partial charge < -0.3 is 9.84 Å². The van der Waals surface area contributed by atoms with Gasteiger partial charge in [-0.3, -0.25) is 4.79 Å². The van der Waals surface area contributed by atoms with Crippen molar-refractivity contribution in [3.8, 4) is 0 Å². The number of rotatable bonds is 7. The SMILES string of the molecule is CCCOCc1nnnn1C(CC(=O)O)C(C)(C)C.